The number of aliphatic carboxylic acids is 1. The number of carboxylic acids is 1. The smallest absolute Gasteiger partial charge is 0.329 e. The lowest BCUT2D eigenvalue weighted by molar-refractivity contribution is -0.159. The summed E-state index contributed by atoms with van der Waals surface area (Å²) >= 11 is 3.13. The molecule has 1 aliphatic heterocycles. The van der Waals surface area contributed by atoms with Crippen LogP contribution in [0.15, 0.2) is 22.7 Å². The van der Waals surface area contributed by atoms with Gasteiger partial charge < -0.3 is 14.7 Å². The SMILES string of the molecule is CC1(OCC(=O)O)CN(C(=O)c2cc(F)cc(Br)c2)C1. The first-order chi connectivity index (χ1) is 9.29. The van der Waals surface area contributed by atoms with Crippen LogP contribution in [0.2, 0.25) is 0 Å². The number of likely N-dealkylation sites (tertiary alicyclic amines) is 1. The van der Waals surface area contributed by atoms with Gasteiger partial charge in [0.05, 0.1) is 13.1 Å². The van der Waals surface area contributed by atoms with Gasteiger partial charge in [-0.25, -0.2) is 9.18 Å². The zero-order valence-corrected chi connectivity index (χ0v) is 12.3. The molecule has 1 saturated heterocycles. The molecule has 0 radical (unpaired) electrons. The molecule has 0 unspecified atom stereocenters. The van der Waals surface area contributed by atoms with Gasteiger partial charge in [-0.3, -0.25) is 4.79 Å². The van der Waals surface area contributed by atoms with Crippen molar-refractivity contribution in [2.24, 2.45) is 0 Å². The van der Waals surface area contributed by atoms with Crippen LogP contribution in [-0.2, 0) is 9.53 Å². The van der Waals surface area contributed by atoms with Crippen LogP contribution in [0, 0.1) is 5.82 Å². The highest BCUT2D eigenvalue weighted by Crippen LogP contribution is 2.27. The highest BCUT2D eigenvalue weighted by Gasteiger charge is 2.43. The largest absolute Gasteiger partial charge is 0.480 e. The number of carbonyl (C=O) groups is 2. The Kier molecular flexibility index (Phi) is 4.10. The van der Waals surface area contributed by atoms with Crippen molar-refractivity contribution in [2.75, 3.05) is 19.7 Å². The number of ether oxygens (including phenoxy) is 1. The fourth-order valence-corrected chi connectivity index (χ4v) is 2.56. The van der Waals surface area contributed by atoms with Crippen molar-refractivity contribution in [3.05, 3.63) is 34.1 Å². The van der Waals surface area contributed by atoms with Crippen LogP contribution in [0.25, 0.3) is 0 Å². The summed E-state index contributed by atoms with van der Waals surface area (Å²) in [7, 11) is 0. The topological polar surface area (TPSA) is 66.8 Å². The van der Waals surface area contributed by atoms with E-state index in [0.717, 1.165) is 0 Å². The van der Waals surface area contributed by atoms with Crippen LogP contribution in [-0.4, -0.2) is 47.2 Å². The second-order valence-electron chi connectivity index (χ2n) is 4.95. The van der Waals surface area contributed by atoms with Gasteiger partial charge in [0.15, 0.2) is 0 Å². The number of hydrogen-bond donors (Lipinski definition) is 1. The molecule has 1 N–H and O–H groups in total. The van der Waals surface area contributed by atoms with E-state index in [1.807, 2.05) is 0 Å². The molecular formula is C13H13BrFNO4. The Morgan fingerprint density at radius 3 is 2.65 bits per heavy atom. The standard InChI is InChI=1S/C13H13BrFNO4/c1-13(20-5-11(17)18)6-16(7-13)12(19)8-2-9(14)4-10(15)3-8/h2-4H,5-7H2,1H3,(H,17,18). The molecule has 2 rings (SSSR count). The minimum absolute atomic E-state index is 0.247. The van der Waals surface area contributed by atoms with Gasteiger partial charge in [-0.15, -0.1) is 0 Å². The van der Waals surface area contributed by atoms with Gasteiger partial charge in [0.1, 0.15) is 18.0 Å². The molecule has 1 amide bonds. The predicted molar refractivity (Wildman–Crippen MR) is 72.0 cm³/mol. The molecule has 5 nitrogen and oxygen atoms in total. The highest BCUT2D eigenvalue weighted by molar-refractivity contribution is 9.10. The first-order valence-electron chi connectivity index (χ1n) is 5.90. The third kappa shape index (κ3) is 3.34. The molecule has 0 spiro atoms. The van der Waals surface area contributed by atoms with Gasteiger partial charge in [-0.1, -0.05) is 15.9 Å². The van der Waals surface area contributed by atoms with Crippen LogP contribution >= 0.6 is 15.9 Å². The summed E-state index contributed by atoms with van der Waals surface area (Å²) in [4.78, 5) is 24.1. The number of nitrogens with zero attached hydrogens (tertiary/aromatic N) is 1. The third-order valence-electron chi connectivity index (χ3n) is 2.99. The first kappa shape index (κ1) is 14.9. The van der Waals surface area contributed by atoms with Crippen LogP contribution in [0.3, 0.4) is 0 Å². The molecule has 0 bridgehead atoms. The third-order valence-corrected chi connectivity index (χ3v) is 3.45. The number of amides is 1. The number of halogens is 2. The molecule has 0 aromatic heterocycles. The Morgan fingerprint density at radius 1 is 1.45 bits per heavy atom. The lowest BCUT2D eigenvalue weighted by atomic mass is 9.95. The lowest BCUT2D eigenvalue weighted by Gasteiger charge is -2.47. The van der Waals surface area contributed by atoms with Crippen LogP contribution < -0.4 is 0 Å². The van der Waals surface area contributed by atoms with E-state index in [0.29, 0.717) is 4.47 Å². The first-order valence-corrected chi connectivity index (χ1v) is 6.69. The Hall–Kier alpha value is -1.47. The van der Waals surface area contributed by atoms with Crippen molar-refractivity contribution < 1.29 is 23.8 Å². The van der Waals surface area contributed by atoms with Crippen molar-refractivity contribution in [1.29, 1.82) is 0 Å². The zero-order valence-electron chi connectivity index (χ0n) is 10.7. The van der Waals surface area contributed by atoms with E-state index in [2.05, 4.69) is 15.9 Å². The highest BCUT2D eigenvalue weighted by atomic mass is 79.9. The van der Waals surface area contributed by atoms with Gasteiger partial charge in [-0.2, -0.15) is 0 Å². The number of benzene rings is 1. The molecule has 1 heterocycles. The van der Waals surface area contributed by atoms with Crippen LogP contribution in [0.5, 0.6) is 0 Å². The van der Waals surface area contributed by atoms with Crippen molar-refractivity contribution in [3.8, 4) is 0 Å². The maximum atomic E-state index is 13.2. The lowest BCUT2D eigenvalue weighted by Crippen LogP contribution is -2.63. The summed E-state index contributed by atoms with van der Waals surface area (Å²) in [5.74, 6) is -1.85. The van der Waals surface area contributed by atoms with Crippen molar-refractivity contribution in [3.63, 3.8) is 0 Å². The zero-order chi connectivity index (χ0) is 14.9. The molecule has 108 valence electrons. The average Bonchev–Trinajstić information content (AvgIpc) is 2.31. The van der Waals surface area contributed by atoms with E-state index in [4.69, 9.17) is 9.84 Å². The van der Waals surface area contributed by atoms with E-state index in [1.165, 1.54) is 17.0 Å². The molecule has 1 aromatic rings. The quantitative estimate of drug-likeness (QED) is 0.904. The maximum Gasteiger partial charge on any atom is 0.329 e. The summed E-state index contributed by atoms with van der Waals surface area (Å²) in [5.41, 5.74) is -0.407. The molecule has 0 saturated carbocycles. The fourth-order valence-electron chi connectivity index (χ4n) is 2.09. The minimum Gasteiger partial charge on any atom is -0.480 e. The molecule has 1 aromatic carbocycles. The van der Waals surface area contributed by atoms with Gasteiger partial charge in [0.25, 0.3) is 5.91 Å². The Bertz CT molecular complexity index is 537. The van der Waals surface area contributed by atoms with Crippen molar-refractivity contribution in [1.82, 2.24) is 4.90 Å². The van der Waals surface area contributed by atoms with Gasteiger partial charge in [-0.05, 0) is 25.1 Å². The fraction of sp³-hybridized carbons (Fsp3) is 0.385. The predicted octanol–water partition coefficient (Wildman–Crippen LogP) is 1.90. The Balaban J connectivity index is 1.98. The summed E-state index contributed by atoms with van der Waals surface area (Å²) in [6.07, 6.45) is 0. The van der Waals surface area contributed by atoms with E-state index in [1.54, 1.807) is 13.0 Å². The normalized spacial score (nSPS) is 16.6. The van der Waals surface area contributed by atoms with E-state index < -0.39 is 24.0 Å². The number of hydrogen-bond acceptors (Lipinski definition) is 3. The van der Waals surface area contributed by atoms with Crippen LogP contribution in [0.1, 0.15) is 17.3 Å². The van der Waals surface area contributed by atoms with Crippen LogP contribution in [0.4, 0.5) is 4.39 Å². The number of rotatable bonds is 4. The Morgan fingerprint density at radius 2 is 2.10 bits per heavy atom. The van der Waals surface area contributed by atoms with Crippen molar-refractivity contribution in [2.45, 2.75) is 12.5 Å². The van der Waals surface area contributed by atoms with Gasteiger partial charge >= 0.3 is 5.97 Å². The van der Waals surface area contributed by atoms with E-state index >= 15 is 0 Å². The molecule has 1 aliphatic rings. The number of carboxylic acid groups (broad SMARTS) is 1. The monoisotopic (exact) mass is 345 g/mol. The number of carbonyl (C=O) groups excluding carboxylic acids is 1. The molecule has 20 heavy (non-hydrogen) atoms. The molecule has 0 atom stereocenters. The summed E-state index contributed by atoms with van der Waals surface area (Å²) in [5, 5.41) is 8.56. The molecule has 7 heteroatoms. The molecular weight excluding hydrogens is 333 g/mol. The van der Waals surface area contributed by atoms with Gasteiger partial charge in [0, 0.05) is 10.0 Å². The van der Waals surface area contributed by atoms with Gasteiger partial charge in [0.2, 0.25) is 0 Å². The molecule has 0 aliphatic carbocycles. The minimum atomic E-state index is -1.05. The second-order valence-corrected chi connectivity index (χ2v) is 5.87. The van der Waals surface area contributed by atoms with E-state index in [-0.39, 0.29) is 24.6 Å². The molecule has 1 fully saturated rings. The Labute approximate surface area is 123 Å². The summed E-state index contributed by atoms with van der Waals surface area (Å²) < 4.78 is 19.0. The summed E-state index contributed by atoms with van der Waals surface area (Å²) in [6, 6.07) is 3.98. The average molecular weight is 346 g/mol. The van der Waals surface area contributed by atoms with E-state index in [9.17, 15) is 14.0 Å². The maximum absolute atomic E-state index is 13.2. The summed E-state index contributed by atoms with van der Waals surface area (Å²) in [6.45, 7) is 1.91. The second kappa shape index (κ2) is 5.49. The van der Waals surface area contributed by atoms with Crippen molar-refractivity contribution >= 4 is 27.8 Å².